The normalized spacial score (nSPS) is 13.4. The Morgan fingerprint density at radius 3 is 2.08 bits per heavy atom. The van der Waals surface area contributed by atoms with E-state index in [2.05, 4.69) is 160 Å². The molecule has 4 N–H and O–H groups in total. The van der Waals surface area contributed by atoms with E-state index in [-0.39, 0.29) is 0 Å². The van der Waals surface area contributed by atoms with Gasteiger partial charge in [-0.05, 0) is 140 Å². The predicted octanol–water partition coefficient (Wildman–Crippen LogP) is 14.3. The average Bonchev–Trinajstić information content (AvgIpc) is 3.89. The van der Waals surface area contributed by atoms with E-state index in [9.17, 15) is 0 Å². The summed E-state index contributed by atoms with van der Waals surface area (Å²) < 4.78 is 0. The highest BCUT2D eigenvalue weighted by Crippen LogP contribution is 2.43. The van der Waals surface area contributed by atoms with E-state index in [0.29, 0.717) is 0 Å². The standard InChI is InChI=1S/C57H46N2/c1-5-7-8-12-21-42-22-13-14-23-48(42)55-31-39(4)52(37-57(55)59)53-36-45(34-46(53)32-40-19-10-9-11-20-40)43-27-29-50(54(35-43)51-24-15-16-26-56(51)58)44-28-30-49(41(6-2)33-44)47-25-17-18-38(47)3/h5-16,18-31,33,35-37H,1-2,32,58-59H2,3-4H3/b8-7-,21-12-. The van der Waals surface area contributed by atoms with Crippen molar-refractivity contribution in [1.82, 2.24) is 0 Å². The van der Waals surface area contributed by atoms with Gasteiger partial charge in [0, 0.05) is 40.1 Å². The van der Waals surface area contributed by atoms with Crippen LogP contribution in [0.25, 0.3) is 62.3 Å². The molecule has 8 rings (SSSR count). The molecule has 2 aliphatic rings. The number of allylic oxidation sites excluding steroid dienone is 10. The van der Waals surface area contributed by atoms with Crippen LogP contribution in [-0.4, -0.2) is 0 Å². The number of hydrogen-bond acceptors (Lipinski definition) is 2. The van der Waals surface area contributed by atoms with Gasteiger partial charge in [0.1, 0.15) is 0 Å². The molecule has 2 aliphatic carbocycles. The number of nitrogen functional groups attached to an aromatic ring is 2. The molecular weight excluding hydrogens is 713 g/mol. The highest BCUT2D eigenvalue weighted by atomic mass is 14.6. The minimum Gasteiger partial charge on any atom is -0.398 e. The summed E-state index contributed by atoms with van der Waals surface area (Å²) in [5, 5.41) is 0. The van der Waals surface area contributed by atoms with Crippen LogP contribution in [0.1, 0.15) is 45.9 Å². The summed E-state index contributed by atoms with van der Waals surface area (Å²) in [7, 11) is 0. The van der Waals surface area contributed by atoms with E-state index in [0.717, 1.165) is 101 Å². The Labute approximate surface area is 348 Å². The van der Waals surface area contributed by atoms with Crippen LogP contribution in [0.4, 0.5) is 11.4 Å². The Balaban J connectivity index is 1.24. The van der Waals surface area contributed by atoms with Gasteiger partial charge in [-0.25, -0.2) is 0 Å². The second-order valence-electron chi connectivity index (χ2n) is 15.0. The second-order valence-corrected chi connectivity index (χ2v) is 15.0. The molecule has 284 valence electrons. The molecule has 6 aromatic carbocycles. The maximum absolute atomic E-state index is 6.98. The topological polar surface area (TPSA) is 52.0 Å². The van der Waals surface area contributed by atoms with Gasteiger partial charge in [0.2, 0.25) is 0 Å². The predicted molar refractivity (Wildman–Crippen MR) is 255 cm³/mol. The van der Waals surface area contributed by atoms with Crippen LogP contribution in [0.2, 0.25) is 0 Å². The molecule has 0 amide bonds. The SMILES string of the molecule is C=C/C=C\C=C/c1ccccc1-c1cc(C)c(C2=CC(c3ccc(-c4ccc(C5=C(C)C=C=C5)c(C=C)c4)c(-c4ccccc4N)c3)=C=C2Cc2ccccc2)cc1N. The fraction of sp³-hybridized carbons (Fsp3) is 0.0526. The summed E-state index contributed by atoms with van der Waals surface area (Å²) in [6.45, 7) is 12.3. The third-order valence-electron chi connectivity index (χ3n) is 11.1. The van der Waals surface area contributed by atoms with Gasteiger partial charge in [0.05, 0.1) is 0 Å². The van der Waals surface area contributed by atoms with Gasteiger partial charge in [0.25, 0.3) is 0 Å². The Morgan fingerprint density at radius 1 is 0.576 bits per heavy atom. The maximum Gasteiger partial charge on any atom is 0.0400 e. The van der Waals surface area contributed by atoms with Gasteiger partial charge in [-0.2, -0.15) is 0 Å². The minimum absolute atomic E-state index is 0.725. The van der Waals surface area contributed by atoms with Crippen molar-refractivity contribution in [2.24, 2.45) is 0 Å². The van der Waals surface area contributed by atoms with Crippen LogP contribution in [0, 0.1) is 6.92 Å². The molecule has 6 aromatic rings. The molecule has 0 atom stereocenters. The van der Waals surface area contributed by atoms with E-state index < -0.39 is 0 Å². The Kier molecular flexibility index (Phi) is 10.9. The van der Waals surface area contributed by atoms with Crippen molar-refractivity contribution < 1.29 is 0 Å². The van der Waals surface area contributed by atoms with Gasteiger partial charge >= 0.3 is 0 Å². The van der Waals surface area contributed by atoms with E-state index in [4.69, 9.17) is 11.5 Å². The van der Waals surface area contributed by atoms with Gasteiger partial charge in [-0.3, -0.25) is 0 Å². The number of para-hydroxylation sites is 1. The van der Waals surface area contributed by atoms with Gasteiger partial charge in [-0.1, -0.05) is 147 Å². The number of aryl methyl sites for hydroxylation is 1. The lowest BCUT2D eigenvalue weighted by Crippen LogP contribution is -1.99. The molecule has 0 spiro atoms. The summed E-state index contributed by atoms with van der Waals surface area (Å²) in [6.07, 6.45) is 18.8. The van der Waals surface area contributed by atoms with Gasteiger partial charge in [-0.15, -0.1) is 11.5 Å². The van der Waals surface area contributed by atoms with Crippen molar-refractivity contribution in [3.8, 4) is 33.4 Å². The lowest BCUT2D eigenvalue weighted by Gasteiger charge is -2.17. The van der Waals surface area contributed by atoms with Crippen molar-refractivity contribution in [1.29, 1.82) is 0 Å². The molecule has 0 aromatic heterocycles. The molecule has 0 saturated carbocycles. The van der Waals surface area contributed by atoms with Crippen LogP contribution in [0.15, 0.2) is 206 Å². The molecule has 0 radical (unpaired) electrons. The Bertz CT molecular complexity index is 2930. The van der Waals surface area contributed by atoms with Crippen molar-refractivity contribution in [2.75, 3.05) is 11.5 Å². The van der Waals surface area contributed by atoms with Gasteiger partial charge in [0.15, 0.2) is 0 Å². The van der Waals surface area contributed by atoms with Crippen LogP contribution >= 0.6 is 0 Å². The molecule has 0 heterocycles. The highest BCUT2D eigenvalue weighted by Gasteiger charge is 2.22. The molecule has 0 aliphatic heterocycles. The Morgan fingerprint density at radius 2 is 1.32 bits per heavy atom. The lowest BCUT2D eigenvalue weighted by atomic mass is 9.87. The lowest BCUT2D eigenvalue weighted by molar-refractivity contribution is 1.21. The molecule has 0 saturated heterocycles. The van der Waals surface area contributed by atoms with Crippen LogP contribution in [0.5, 0.6) is 0 Å². The zero-order valence-electron chi connectivity index (χ0n) is 33.6. The van der Waals surface area contributed by atoms with Crippen molar-refractivity contribution >= 4 is 40.2 Å². The first kappa shape index (κ1) is 38.3. The van der Waals surface area contributed by atoms with E-state index in [1.165, 1.54) is 16.7 Å². The zero-order valence-corrected chi connectivity index (χ0v) is 33.6. The van der Waals surface area contributed by atoms with E-state index >= 15 is 0 Å². The summed E-state index contributed by atoms with van der Waals surface area (Å²) in [4.78, 5) is 0. The largest absolute Gasteiger partial charge is 0.398 e. The van der Waals surface area contributed by atoms with Crippen LogP contribution < -0.4 is 11.5 Å². The fourth-order valence-electron chi connectivity index (χ4n) is 8.08. The first-order chi connectivity index (χ1) is 28.8. The third-order valence-corrected chi connectivity index (χ3v) is 11.1. The van der Waals surface area contributed by atoms with E-state index in [1.807, 2.05) is 54.7 Å². The number of benzene rings is 6. The Hall–Kier alpha value is -7.60. The summed E-state index contributed by atoms with van der Waals surface area (Å²) in [5.74, 6) is 0. The highest BCUT2D eigenvalue weighted by molar-refractivity contribution is 6.00. The molecule has 59 heavy (non-hydrogen) atoms. The summed E-state index contributed by atoms with van der Waals surface area (Å²) >= 11 is 0. The van der Waals surface area contributed by atoms with E-state index in [1.54, 1.807) is 6.08 Å². The quantitative estimate of drug-likeness (QED) is 0.0742. The van der Waals surface area contributed by atoms with Crippen LogP contribution in [0.3, 0.4) is 0 Å². The summed E-state index contributed by atoms with van der Waals surface area (Å²) in [6, 6.07) is 44.7. The zero-order chi connectivity index (χ0) is 40.9. The second kappa shape index (κ2) is 16.9. The molecule has 0 bridgehead atoms. The molecule has 2 heteroatoms. The third kappa shape index (κ3) is 7.88. The molecule has 0 fully saturated rings. The number of anilines is 2. The van der Waals surface area contributed by atoms with Crippen molar-refractivity contribution in [3.63, 3.8) is 0 Å². The van der Waals surface area contributed by atoms with Crippen molar-refractivity contribution in [3.05, 3.63) is 245 Å². The first-order valence-corrected chi connectivity index (χ1v) is 19.9. The summed E-state index contributed by atoms with van der Waals surface area (Å²) in [5.41, 5.74) is 42.0. The van der Waals surface area contributed by atoms with Gasteiger partial charge < -0.3 is 11.5 Å². The molecule has 2 nitrogen and oxygen atoms in total. The van der Waals surface area contributed by atoms with Crippen LogP contribution in [-0.2, 0) is 6.42 Å². The number of nitrogens with two attached hydrogens (primary N) is 2. The average molecular weight is 759 g/mol. The smallest absolute Gasteiger partial charge is 0.0400 e. The molecular formula is C57H46N2. The maximum atomic E-state index is 6.98. The minimum atomic E-state index is 0.725. The molecule has 0 unspecified atom stereocenters. The fourth-order valence-corrected chi connectivity index (χ4v) is 8.08. The first-order valence-electron chi connectivity index (χ1n) is 19.9. The monoisotopic (exact) mass is 758 g/mol. The number of hydrogen-bond donors (Lipinski definition) is 2. The van der Waals surface area contributed by atoms with Crippen molar-refractivity contribution in [2.45, 2.75) is 20.3 Å². The number of rotatable bonds is 12.